The molecule has 0 heterocycles. The molecular weight excluding hydrogens is 326 g/mol. The normalized spacial score (nSPS) is 26.4. The molecular formula is C18H21NO6. The average molecular weight is 347 g/mol. The van der Waals surface area contributed by atoms with Crippen molar-refractivity contribution >= 4 is 17.6 Å². The van der Waals surface area contributed by atoms with Crippen LogP contribution in [-0.4, -0.2) is 38.3 Å². The van der Waals surface area contributed by atoms with Crippen LogP contribution in [0.3, 0.4) is 0 Å². The van der Waals surface area contributed by atoms with E-state index in [1.807, 2.05) is 12.2 Å². The monoisotopic (exact) mass is 347 g/mol. The molecule has 2 aliphatic rings. The van der Waals surface area contributed by atoms with Gasteiger partial charge in [0.15, 0.2) is 11.5 Å². The van der Waals surface area contributed by atoms with Gasteiger partial charge in [0.25, 0.3) is 0 Å². The molecule has 2 N–H and O–H groups in total. The van der Waals surface area contributed by atoms with Gasteiger partial charge >= 0.3 is 5.97 Å². The minimum absolute atomic E-state index is 0.0341. The summed E-state index contributed by atoms with van der Waals surface area (Å²) in [7, 11) is 4.48. The van der Waals surface area contributed by atoms with Crippen LogP contribution in [0.5, 0.6) is 17.2 Å². The van der Waals surface area contributed by atoms with Crippen LogP contribution in [0, 0.1) is 23.7 Å². The Kier molecular flexibility index (Phi) is 4.57. The Morgan fingerprint density at radius 1 is 1.00 bits per heavy atom. The lowest BCUT2D eigenvalue weighted by atomic mass is 9.82. The summed E-state index contributed by atoms with van der Waals surface area (Å²) < 4.78 is 15.8. The molecule has 7 heteroatoms. The number of hydrogen-bond acceptors (Lipinski definition) is 5. The molecule has 1 aromatic carbocycles. The molecule has 2 aliphatic carbocycles. The van der Waals surface area contributed by atoms with E-state index < -0.39 is 17.8 Å². The minimum Gasteiger partial charge on any atom is -0.493 e. The topological polar surface area (TPSA) is 94.1 Å². The van der Waals surface area contributed by atoms with E-state index in [0.717, 1.165) is 0 Å². The number of rotatable bonds is 6. The third-order valence-corrected chi connectivity index (χ3v) is 4.98. The first-order valence-corrected chi connectivity index (χ1v) is 8.02. The van der Waals surface area contributed by atoms with Crippen molar-refractivity contribution in [3.63, 3.8) is 0 Å². The molecule has 25 heavy (non-hydrogen) atoms. The lowest BCUT2D eigenvalue weighted by Gasteiger charge is -2.24. The molecule has 2 bridgehead atoms. The molecule has 4 atom stereocenters. The Bertz CT molecular complexity index is 703. The first-order valence-electron chi connectivity index (χ1n) is 8.02. The van der Waals surface area contributed by atoms with Crippen LogP contribution in [-0.2, 0) is 9.59 Å². The molecule has 134 valence electrons. The average Bonchev–Trinajstić information content (AvgIpc) is 3.21. The predicted octanol–water partition coefficient (Wildman–Crippen LogP) is 2.17. The SMILES string of the molecule is COc1cc(NC(=O)[C@H]2[C@H](C(=O)O)[C@H]3C=C[C@H]2C3)cc(OC)c1OC. The summed E-state index contributed by atoms with van der Waals surface area (Å²) in [6.45, 7) is 0. The van der Waals surface area contributed by atoms with Crippen LogP contribution in [0.1, 0.15) is 6.42 Å². The number of amides is 1. The second kappa shape index (κ2) is 6.66. The largest absolute Gasteiger partial charge is 0.493 e. The van der Waals surface area contributed by atoms with Gasteiger partial charge in [-0.25, -0.2) is 0 Å². The molecule has 0 unspecified atom stereocenters. The Morgan fingerprint density at radius 2 is 1.56 bits per heavy atom. The number of hydrogen-bond donors (Lipinski definition) is 2. The van der Waals surface area contributed by atoms with E-state index in [-0.39, 0.29) is 17.7 Å². The summed E-state index contributed by atoms with van der Waals surface area (Å²) in [5, 5.41) is 12.3. The highest BCUT2D eigenvalue weighted by atomic mass is 16.5. The lowest BCUT2D eigenvalue weighted by Crippen LogP contribution is -2.36. The van der Waals surface area contributed by atoms with Crippen molar-refractivity contribution in [3.8, 4) is 17.2 Å². The second-order valence-electron chi connectivity index (χ2n) is 6.24. The molecule has 1 saturated carbocycles. The van der Waals surface area contributed by atoms with Crippen molar-refractivity contribution in [1.29, 1.82) is 0 Å². The van der Waals surface area contributed by atoms with Gasteiger partial charge in [0.1, 0.15) is 0 Å². The Morgan fingerprint density at radius 3 is 2.04 bits per heavy atom. The molecule has 7 nitrogen and oxygen atoms in total. The third kappa shape index (κ3) is 2.90. The number of carbonyl (C=O) groups is 2. The van der Waals surface area contributed by atoms with E-state index >= 15 is 0 Å². The van der Waals surface area contributed by atoms with Gasteiger partial charge in [-0.2, -0.15) is 0 Å². The Labute approximate surface area is 145 Å². The Balaban J connectivity index is 1.86. The number of carboxylic acids is 1. The van der Waals surface area contributed by atoms with Crippen LogP contribution < -0.4 is 19.5 Å². The van der Waals surface area contributed by atoms with Crippen LogP contribution in [0.25, 0.3) is 0 Å². The van der Waals surface area contributed by atoms with Gasteiger partial charge in [-0.15, -0.1) is 0 Å². The number of methoxy groups -OCH3 is 3. The van der Waals surface area contributed by atoms with Crippen molar-refractivity contribution in [1.82, 2.24) is 0 Å². The number of fused-ring (bicyclic) bond motifs is 2. The zero-order chi connectivity index (χ0) is 18.1. The van der Waals surface area contributed by atoms with Crippen molar-refractivity contribution < 1.29 is 28.9 Å². The highest BCUT2D eigenvalue weighted by molar-refractivity contribution is 5.96. The summed E-state index contributed by atoms with van der Waals surface area (Å²) in [6.07, 6.45) is 4.57. The van der Waals surface area contributed by atoms with Gasteiger partial charge in [-0.05, 0) is 18.3 Å². The number of benzene rings is 1. The van der Waals surface area contributed by atoms with Crippen LogP contribution in [0.4, 0.5) is 5.69 Å². The van der Waals surface area contributed by atoms with Crippen molar-refractivity contribution in [3.05, 3.63) is 24.3 Å². The molecule has 1 aromatic rings. The standard InChI is InChI=1S/C18H21NO6/c1-23-12-7-11(8-13(24-2)16(12)25-3)19-17(20)14-9-4-5-10(6-9)15(14)18(21)22/h4-5,7-10,14-15H,6H2,1-3H3,(H,19,20)(H,21,22)/t9-,10-,14+,15+/m0/s1. The van der Waals surface area contributed by atoms with E-state index in [4.69, 9.17) is 14.2 Å². The molecule has 3 rings (SSSR count). The maximum atomic E-state index is 12.8. The zero-order valence-electron chi connectivity index (χ0n) is 14.3. The Hall–Kier alpha value is -2.70. The van der Waals surface area contributed by atoms with Crippen molar-refractivity contribution in [2.24, 2.45) is 23.7 Å². The van der Waals surface area contributed by atoms with Crippen LogP contribution in [0.15, 0.2) is 24.3 Å². The molecule has 1 amide bonds. The number of carboxylic acid groups (broad SMARTS) is 1. The quantitative estimate of drug-likeness (QED) is 0.766. The number of aliphatic carboxylic acids is 1. The minimum atomic E-state index is -0.929. The van der Waals surface area contributed by atoms with E-state index in [2.05, 4.69) is 5.32 Å². The van der Waals surface area contributed by atoms with Crippen molar-refractivity contribution in [2.45, 2.75) is 6.42 Å². The summed E-state index contributed by atoms with van der Waals surface area (Å²) in [5.74, 6) is -1.34. The summed E-state index contributed by atoms with van der Waals surface area (Å²) in [5.41, 5.74) is 0.468. The lowest BCUT2D eigenvalue weighted by molar-refractivity contribution is -0.146. The fraction of sp³-hybridized carbons (Fsp3) is 0.444. The van der Waals surface area contributed by atoms with Gasteiger partial charge in [0, 0.05) is 17.8 Å². The van der Waals surface area contributed by atoms with E-state index in [1.54, 1.807) is 12.1 Å². The molecule has 0 aromatic heterocycles. The summed E-state index contributed by atoms with van der Waals surface area (Å²) in [6, 6.07) is 3.25. The molecule has 0 saturated heterocycles. The van der Waals surface area contributed by atoms with Crippen molar-refractivity contribution in [2.75, 3.05) is 26.6 Å². The highest BCUT2D eigenvalue weighted by Gasteiger charge is 2.51. The number of ether oxygens (including phenoxy) is 3. The fourth-order valence-electron chi connectivity index (χ4n) is 3.90. The number of nitrogens with one attached hydrogen (secondary N) is 1. The number of carbonyl (C=O) groups excluding carboxylic acids is 1. The van der Waals surface area contributed by atoms with Gasteiger partial charge in [0.2, 0.25) is 11.7 Å². The number of allylic oxidation sites excluding steroid dienone is 2. The van der Waals surface area contributed by atoms with E-state index in [1.165, 1.54) is 21.3 Å². The van der Waals surface area contributed by atoms with Crippen LogP contribution >= 0.6 is 0 Å². The smallest absolute Gasteiger partial charge is 0.307 e. The van der Waals surface area contributed by atoms with Gasteiger partial charge in [0.05, 0.1) is 33.2 Å². The fourth-order valence-corrected chi connectivity index (χ4v) is 3.90. The molecule has 0 radical (unpaired) electrons. The second-order valence-corrected chi connectivity index (χ2v) is 6.24. The van der Waals surface area contributed by atoms with Crippen LogP contribution in [0.2, 0.25) is 0 Å². The van der Waals surface area contributed by atoms with Gasteiger partial charge in [-0.1, -0.05) is 12.2 Å². The van der Waals surface area contributed by atoms with E-state index in [9.17, 15) is 14.7 Å². The molecule has 0 spiro atoms. The summed E-state index contributed by atoms with van der Waals surface area (Å²) in [4.78, 5) is 24.3. The maximum Gasteiger partial charge on any atom is 0.307 e. The zero-order valence-corrected chi connectivity index (χ0v) is 14.3. The number of anilines is 1. The van der Waals surface area contributed by atoms with Gasteiger partial charge < -0.3 is 24.6 Å². The maximum absolute atomic E-state index is 12.8. The van der Waals surface area contributed by atoms with E-state index in [0.29, 0.717) is 29.4 Å². The first-order chi connectivity index (χ1) is 12.0. The third-order valence-electron chi connectivity index (χ3n) is 4.98. The summed E-state index contributed by atoms with van der Waals surface area (Å²) >= 11 is 0. The van der Waals surface area contributed by atoms with Gasteiger partial charge in [-0.3, -0.25) is 9.59 Å². The first kappa shape index (κ1) is 17.1. The molecule has 0 aliphatic heterocycles. The predicted molar refractivity (Wildman–Crippen MR) is 90.1 cm³/mol. The molecule has 1 fully saturated rings. The highest BCUT2D eigenvalue weighted by Crippen LogP contribution is 2.48.